The van der Waals surface area contributed by atoms with Gasteiger partial charge in [-0.1, -0.05) is 0 Å². The van der Waals surface area contributed by atoms with Gasteiger partial charge in [-0.2, -0.15) is 4.98 Å². The number of nitrogen functional groups attached to an aromatic ring is 1. The van der Waals surface area contributed by atoms with Crippen LogP contribution in [0.2, 0.25) is 0 Å². The number of aromatic nitrogens is 2. The van der Waals surface area contributed by atoms with Crippen LogP contribution in [0, 0.1) is 0 Å². The lowest BCUT2D eigenvalue weighted by Gasteiger charge is -2.21. The largest absolute Gasteiger partial charge is 0.464 e. The molecular formula is C13H20N4O3. The van der Waals surface area contributed by atoms with E-state index in [1.165, 1.54) is 0 Å². The van der Waals surface area contributed by atoms with Crippen molar-refractivity contribution in [3.8, 4) is 0 Å². The van der Waals surface area contributed by atoms with Gasteiger partial charge in [0.25, 0.3) is 0 Å². The number of aliphatic hydroxyl groups excluding tert-OH is 1. The third-order valence-corrected chi connectivity index (χ3v) is 3.27. The van der Waals surface area contributed by atoms with Crippen LogP contribution < -0.4 is 11.1 Å². The highest BCUT2D eigenvalue weighted by atomic mass is 16.5. The smallest absolute Gasteiger partial charge is 0.331 e. The van der Waals surface area contributed by atoms with Gasteiger partial charge < -0.3 is 20.9 Å². The Hall–Kier alpha value is -1.89. The molecule has 1 aliphatic carbocycles. The number of nitrogens with one attached hydrogen (secondary N) is 1. The highest BCUT2D eigenvalue weighted by Gasteiger charge is 2.23. The molecule has 1 atom stereocenters. The zero-order chi connectivity index (χ0) is 14.5. The van der Waals surface area contributed by atoms with Crippen molar-refractivity contribution in [3.05, 3.63) is 11.3 Å². The molecule has 110 valence electrons. The van der Waals surface area contributed by atoms with Crippen molar-refractivity contribution >= 4 is 17.7 Å². The lowest BCUT2D eigenvalue weighted by molar-refractivity contribution is -0.144. The van der Waals surface area contributed by atoms with Gasteiger partial charge in [-0.05, 0) is 32.6 Å². The van der Waals surface area contributed by atoms with Crippen LogP contribution in [0.1, 0.15) is 31.0 Å². The maximum Gasteiger partial charge on any atom is 0.331 e. The van der Waals surface area contributed by atoms with Gasteiger partial charge in [-0.3, -0.25) is 0 Å². The zero-order valence-electron chi connectivity index (χ0n) is 11.6. The summed E-state index contributed by atoms with van der Waals surface area (Å²) in [4.78, 5) is 20.1. The summed E-state index contributed by atoms with van der Waals surface area (Å²) in [6.07, 6.45) is 3.83. The molecule has 2 rings (SSSR count). The van der Waals surface area contributed by atoms with E-state index in [1.54, 1.807) is 6.92 Å². The minimum absolute atomic E-state index is 0.175. The Balaban J connectivity index is 2.23. The Kier molecular flexibility index (Phi) is 4.73. The lowest BCUT2D eigenvalue weighted by Crippen LogP contribution is -2.35. The molecule has 0 amide bonds. The van der Waals surface area contributed by atoms with Crippen LogP contribution in [-0.2, 0) is 22.4 Å². The molecule has 0 saturated heterocycles. The minimum atomic E-state index is -0.838. The summed E-state index contributed by atoms with van der Waals surface area (Å²) >= 11 is 0. The van der Waals surface area contributed by atoms with Gasteiger partial charge in [-0.25, -0.2) is 9.78 Å². The van der Waals surface area contributed by atoms with Crippen LogP contribution in [-0.4, -0.2) is 40.3 Å². The molecular weight excluding hydrogens is 260 g/mol. The van der Waals surface area contributed by atoms with Crippen molar-refractivity contribution in [1.82, 2.24) is 9.97 Å². The Morgan fingerprint density at radius 1 is 1.45 bits per heavy atom. The first-order valence-electron chi connectivity index (χ1n) is 6.85. The van der Waals surface area contributed by atoms with E-state index in [4.69, 9.17) is 10.5 Å². The van der Waals surface area contributed by atoms with Crippen molar-refractivity contribution in [1.29, 1.82) is 0 Å². The lowest BCUT2D eigenvalue weighted by atomic mass is 9.96. The average Bonchev–Trinajstić information content (AvgIpc) is 2.44. The van der Waals surface area contributed by atoms with E-state index >= 15 is 0 Å². The number of nitrogens with zero attached hydrogens (tertiary/aromatic N) is 2. The Morgan fingerprint density at radius 3 is 2.90 bits per heavy atom. The number of hydrogen-bond donors (Lipinski definition) is 3. The maximum atomic E-state index is 11.7. The molecule has 0 bridgehead atoms. The van der Waals surface area contributed by atoms with Crippen molar-refractivity contribution in [2.75, 3.05) is 24.3 Å². The molecule has 1 heterocycles. The summed E-state index contributed by atoms with van der Waals surface area (Å²) in [6, 6.07) is -0.838. The molecule has 7 heteroatoms. The standard InChI is InChI=1S/C13H20N4O3/c1-2-20-12(19)10(7-18)15-11-8-5-3-4-6-9(8)16-13(14)17-11/h10,18H,2-7H2,1H3,(H3,14,15,16,17). The second-order valence-electron chi connectivity index (χ2n) is 4.69. The molecule has 4 N–H and O–H groups in total. The van der Waals surface area contributed by atoms with Gasteiger partial charge in [0.05, 0.1) is 18.9 Å². The number of hydrogen-bond acceptors (Lipinski definition) is 7. The molecule has 0 aromatic carbocycles. The number of aryl methyl sites for hydroxylation is 1. The SMILES string of the molecule is CCOC(=O)C(CO)Nc1nc(N)nc2c1CCCC2. The van der Waals surface area contributed by atoms with E-state index in [9.17, 15) is 9.90 Å². The summed E-state index contributed by atoms with van der Waals surface area (Å²) < 4.78 is 4.91. The molecule has 0 aliphatic heterocycles. The van der Waals surface area contributed by atoms with E-state index in [0.717, 1.165) is 36.9 Å². The fourth-order valence-corrected chi connectivity index (χ4v) is 2.32. The number of aliphatic hydroxyl groups is 1. The van der Waals surface area contributed by atoms with Gasteiger partial charge in [0.15, 0.2) is 0 Å². The second-order valence-corrected chi connectivity index (χ2v) is 4.69. The Morgan fingerprint density at radius 2 is 2.20 bits per heavy atom. The predicted octanol–water partition coefficient (Wildman–Crippen LogP) is 0.273. The number of rotatable bonds is 5. The molecule has 7 nitrogen and oxygen atoms in total. The predicted molar refractivity (Wildman–Crippen MR) is 74.2 cm³/mol. The fourth-order valence-electron chi connectivity index (χ4n) is 2.32. The van der Waals surface area contributed by atoms with Gasteiger partial charge in [0.1, 0.15) is 11.9 Å². The monoisotopic (exact) mass is 280 g/mol. The molecule has 0 spiro atoms. The number of fused-ring (bicyclic) bond motifs is 1. The van der Waals surface area contributed by atoms with Crippen molar-refractivity contribution in [2.24, 2.45) is 0 Å². The van der Waals surface area contributed by atoms with E-state index in [0.29, 0.717) is 5.82 Å². The maximum absolute atomic E-state index is 11.7. The second kappa shape index (κ2) is 6.51. The van der Waals surface area contributed by atoms with Crippen LogP contribution in [0.5, 0.6) is 0 Å². The van der Waals surface area contributed by atoms with E-state index in [2.05, 4.69) is 15.3 Å². The molecule has 1 aromatic heterocycles. The van der Waals surface area contributed by atoms with Crippen LogP contribution in [0.25, 0.3) is 0 Å². The molecule has 0 radical (unpaired) electrons. The van der Waals surface area contributed by atoms with E-state index in [-0.39, 0.29) is 19.2 Å². The van der Waals surface area contributed by atoms with Crippen molar-refractivity contribution in [2.45, 2.75) is 38.6 Å². The Labute approximate surface area is 117 Å². The number of ether oxygens (including phenoxy) is 1. The number of carbonyl (C=O) groups is 1. The van der Waals surface area contributed by atoms with Crippen LogP contribution >= 0.6 is 0 Å². The number of esters is 1. The highest BCUT2D eigenvalue weighted by molar-refractivity contribution is 5.79. The number of carbonyl (C=O) groups excluding carboxylic acids is 1. The van der Waals surface area contributed by atoms with E-state index in [1.807, 2.05) is 0 Å². The van der Waals surface area contributed by atoms with Gasteiger partial charge in [-0.15, -0.1) is 0 Å². The van der Waals surface area contributed by atoms with Crippen LogP contribution in [0.4, 0.5) is 11.8 Å². The highest BCUT2D eigenvalue weighted by Crippen LogP contribution is 2.26. The Bertz CT molecular complexity index is 493. The van der Waals surface area contributed by atoms with Crippen molar-refractivity contribution < 1.29 is 14.6 Å². The molecule has 1 unspecified atom stereocenters. The minimum Gasteiger partial charge on any atom is -0.464 e. The summed E-state index contributed by atoms with van der Waals surface area (Å²) in [5.74, 6) is 0.199. The summed E-state index contributed by atoms with van der Waals surface area (Å²) in [5, 5.41) is 12.2. The molecule has 1 aliphatic rings. The molecule has 20 heavy (non-hydrogen) atoms. The molecule has 1 aromatic rings. The molecule has 0 fully saturated rings. The first-order valence-corrected chi connectivity index (χ1v) is 6.85. The summed E-state index contributed by atoms with van der Waals surface area (Å²) in [7, 11) is 0. The van der Waals surface area contributed by atoms with Crippen LogP contribution in [0.15, 0.2) is 0 Å². The van der Waals surface area contributed by atoms with Gasteiger partial charge >= 0.3 is 5.97 Å². The third-order valence-electron chi connectivity index (χ3n) is 3.27. The number of anilines is 2. The fraction of sp³-hybridized carbons (Fsp3) is 0.615. The average molecular weight is 280 g/mol. The van der Waals surface area contributed by atoms with Gasteiger partial charge in [0.2, 0.25) is 5.95 Å². The first kappa shape index (κ1) is 14.5. The normalized spacial score (nSPS) is 15.3. The van der Waals surface area contributed by atoms with E-state index < -0.39 is 12.0 Å². The summed E-state index contributed by atoms with van der Waals surface area (Å²) in [6.45, 7) is 1.62. The van der Waals surface area contributed by atoms with Gasteiger partial charge in [0, 0.05) is 5.56 Å². The topological polar surface area (TPSA) is 110 Å². The third kappa shape index (κ3) is 3.16. The van der Waals surface area contributed by atoms with Crippen molar-refractivity contribution in [3.63, 3.8) is 0 Å². The van der Waals surface area contributed by atoms with Crippen LogP contribution in [0.3, 0.4) is 0 Å². The summed E-state index contributed by atoms with van der Waals surface area (Å²) in [5.41, 5.74) is 7.60. The molecule has 0 saturated carbocycles. The zero-order valence-corrected chi connectivity index (χ0v) is 11.6. The quantitative estimate of drug-likeness (QED) is 0.664. The first-order chi connectivity index (χ1) is 9.65. The number of nitrogens with two attached hydrogens (primary N) is 1.